The first-order valence-corrected chi connectivity index (χ1v) is 6.93. The average molecular weight is 270 g/mol. The van der Waals surface area contributed by atoms with Crippen molar-refractivity contribution in [2.45, 2.75) is 18.9 Å². The normalized spacial score (nSPS) is 21.5. The number of nitrogens with zero attached hydrogens (tertiary/aromatic N) is 2. The lowest BCUT2D eigenvalue weighted by atomic mass is 9.82. The Morgan fingerprint density at radius 2 is 2.05 bits per heavy atom. The third-order valence-corrected chi connectivity index (χ3v) is 3.91. The fourth-order valence-corrected chi connectivity index (χ4v) is 2.70. The van der Waals surface area contributed by atoms with Crippen LogP contribution < -0.4 is 0 Å². The molecule has 2 aromatic rings. The minimum absolute atomic E-state index is 0.0582. The number of aliphatic hydroxyl groups excluding tert-OH is 1. The van der Waals surface area contributed by atoms with Gasteiger partial charge in [-0.2, -0.15) is 0 Å². The number of hydrogen-bond acceptors (Lipinski definition) is 3. The van der Waals surface area contributed by atoms with E-state index in [1.807, 2.05) is 30.3 Å². The van der Waals surface area contributed by atoms with Gasteiger partial charge in [-0.15, -0.1) is 0 Å². The van der Waals surface area contributed by atoms with Crippen LogP contribution in [0, 0.1) is 5.92 Å². The van der Waals surface area contributed by atoms with Gasteiger partial charge < -0.3 is 10.0 Å². The zero-order valence-electron chi connectivity index (χ0n) is 11.5. The van der Waals surface area contributed by atoms with E-state index in [0.717, 1.165) is 23.7 Å². The molecule has 20 heavy (non-hydrogen) atoms. The maximum absolute atomic E-state index is 12.3. The van der Waals surface area contributed by atoms with E-state index in [0.29, 0.717) is 18.2 Å². The lowest BCUT2D eigenvalue weighted by Gasteiger charge is -2.34. The molecule has 4 nitrogen and oxygen atoms in total. The minimum Gasteiger partial charge on any atom is -0.393 e. The third kappa shape index (κ3) is 2.51. The number of hydrogen-bond donors (Lipinski definition) is 1. The van der Waals surface area contributed by atoms with E-state index in [1.54, 1.807) is 18.0 Å². The van der Waals surface area contributed by atoms with Gasteiger partial charge in [0, 0.05) is 19.0 Å². The number of rotatable bonds is 3. The van der Waals surface area contributed by atoms with Crippen LogP contribution in [0.15, 0.2) is 36.4 Å². The molecule has 0 radical (unpaired) electrons. The number of carbonyl (C=O) groups excluding carboxylic acids is 1. The number of pyridine rings is 1. The standard InChI is InChI=1S/C16H18N2O2/c1-18(10-11-8-13(19)9-11)16(20)15-7-6-12-4-2-3-5-14(12)17-15/h2-7,11,13,19H,8-10H2,1H3. The minimum atomic E-state index is -0.178. The number of para-hydroxylation sites is 1. The molecule has 0 saturated heterocycles. The van der Waals surface area contributed by atoms with E-state index in [-0.39, 0.29) is 12.0 Å². The van der Waals surface area contributed by atoms with Crippen LogP contribution in [-0.2, 0) is 0 Å². The highest BCUT2D eigenvalue weighted by molar-refractivity contribution is 5.94. The number of benzene rings is 1. The summed E-state index contributed by atoms with van der Waals surface area (Å²) >= 11 is 0. The van der Waals surface area contributed by atoms with Crippen LogP contribution in [0.25, 0.3) is 10.9 Å². The second kappa shape index (κ2) is 5.21. The van der Waals surface area contributed by atoms with E-state index in [9.17, 15) is 9.90 Å². The van der Waals surface area contributed by atoms with Crippen LogP contribution in [0.4, 0.5) is 0 Å². The summed E-state index contributed by atoms with van der Waals surface area (Å²) in [4.78, 5) is 18.5. The smallest absolute Gasteiger partial charge is 0.272 e. The predicted molar refractivity (Wildman–Crippen MR) is 77.4 cm³/mol. The van der Waals surface area contributed by atoms with E-state index in [1.165, 1.54) is 0 Å². The van der Waals surface area contributed by atoms with Crippen molar-refractivity contribution in [3.63, 3.8) is 0 Å². The van der Waals surface area contributed by atoms with E-state index in [2.05, 4.69) is 4.98 Å². The lowest BCUT2D eigenvalue weighted by Crippen LogP contribution is -2.39. The fourth-order valence-electron chi connectivity index (χ4n) is 2.70. The summed E-state index contributed by atoms with van der Waals surface area (Å²) in [5.74, 6) is 0.358. The molecule has 1 aliphatic carbocycles. The van der Waals surface area contributed by atoms with Crippen molar-refractivity contribution in [2.24, 2.45) is 5.92 Å². The molecule has 1 aliphatic rings. The number of amides is 1. The molecule has 0 unspecified atom stereocenters. The second-order valence-electron chi connectivity index (χ2n) is 5.57. The summed E-state index contributed by atoms with van der Waals surface area (Å²) in [6, 6.07) is 11.5. The van der Waals surface area contributed by atoms with Crippen molar-refractivity contribution in [1.82, 2.24) is 9.88 Å². The van der Waals surface area contributed by atoms with Crippen molar-refractivity contribution in [1.29, 1.82) is 0 Å². The molecular formula is C16H18N2O2. The average Bonchev–Trinajstić information content (AvgIpc) is 2.44. The van der Waals surface area contributed by atoms with Crippen LogP contribution in [-0.4, -0.2) is 40.6 Å². The largest absolute Gasteiger partial charge is 0.393 e. The molecule has 0 bridgehead atoms. The molecule has 1 N–H and O–H groups in total. The number of carbonyl (C=O) groups is 1. The number of aliphatic hydroxyl groups is 1. The van der Waals surface area contributed by atoms with Gasteiger partial charge in [0.15, 0.2) is 0 Å². The van der Waals surface area contributed by atoms with Gasteiger partial charge in [0.1, 0.15) is 5.69 Å². The molecule has 1 fully saturated rings. The Balaban J connectivity index is 1.74. The highest BCUT2D eigenvalue weighted by Gasteiger charge is 2.29. The Labute approximate surface area is 118 Å². The summed E-state index contributed by atoms with van der Waals surface area (Å²) in [5.41, 5.74) is 1.32. The van der Waals surface area contributed by atoms with Gasteiger partial charge >= 0.3 is 0 Å². The van der Waals surface area contributed by atoms with Gasteiger partial charge in [0.05, 0.1) is 11.6 Å². The Bertz CT molecular complexity index is 635. The van der Waals surface area contributed by atoms with Gasteiger partial charge in [-0.05, 0) is 30.9 Å². The SMILES string of the molecule is CN(CC1CC(O)C1)C(=O)c1ccc2ccccc2n1. The highest BCUT2D eigenvalue weighted by atomic mass is 16.3. The summed E-state index contributed by atoms with van der Waals surface area (Å²) in [5, 5.41) is 10.3. The second-order valence-corrected chi connectivity index (χ2v) is 5.57. The zero-order chi connectivity index (χ0) is 14.1. The van der Waals surface area contributed by atoms with Crippen molar-refractivity contribution >= 4 is 16.8 Å². The van der Waals surface area contributed by atoms with Gasteiger partial charge in [-0.1, -0.05) is 24.3 Å². The monoisotopic (exact) mass is 270 g/mol. The quantitative estimate of drug-likeness (QED) is 0.929. The maximum atomic E-state index is 12.3. The first-order valence-electron chi connectivity index (χ1n) is 6.93. The van der Waals surface area contributed by atoms with Crippen molar-refractivity contribution in [2.75, 3.05) is 13.6 Å². The first-order chi connectivity index (χ1) is 9.63. The highest BCUT2D eigenvalue weighted by Crippen LogP contribution is 2.27. The van der Waals surface area contributed by atoms with Crippen LogP contribution in [0.5, 0.6) is 0 Å². The molecule has 1 saturated carbocycles. The molecule has 0 spiro atoms. The lowest BCUT2D eigenvalue weighted by molar-refractivity contribution is 0.0264. The van der Waals surface area contributed by atoms with Gasteiger partial charge in [0.25, 0.3) is 5.91 Å². The van der Waals surface area contributed by atoms with E-state index in [4.69, 9.17) is 0 Å². The van der Waals surface area contributed by atoms with E-state index >= 15 is 0 Å². The molecular weight excluding hydrogens is 252 g/mol. The van der Waals surface area contributed by atoms with Gasteiger partial charge in [-0.25, -0.2) is 4.98 Å². The zero-order valence-corrected chi connectivity index (χ0v) is 11.5. The predicted octanol–water partition coefficient (Wildman–Crippen LogP) is 2.08. The summed E-state index contributed by atoms with van der Waals surface area (Å²) in [6.07, 6.45) is 1.41. The van der Waals surface area contributed by atoms with Crippen LogP contribution in [0.3, 0.4) is 0 Å². The molecule has 0 aliphatic heterocycles. The summed E-state index contributed by atoms with van der Waals surface area (Å²) in [7, 11) is 1.80. The Kier molecular flexibility index (Phi) is 3.40. The van der Waals surface area contributed by atoms with Crippen molar-refractivity contribution in [3.8, 4) is 0 Å². The van der Waals surface area contributed by atoms with Crippen LogP contribution >= 0.6 is 0 Å². The molecule has 0 atom stereocenters. The Morgan fingerprint density at radius 1 is 1.30 bits per heavy atom. The van der Waals surface area contributed by atoms with Gasteiger partial charge in [-0.3, -0.25) is 4.79 Å². The van der Waals surface area contributed by atoms with Gasteiger partial charge in [0.2, 0.25) is 0 Å². The van der Waals surface area contributed by atoms with Crippen LogP contribution in [0.2, 0.25) is 0 Å². The first kappa shape index (κ1) is 13.1. The fraction of sp³-hybridized carbons (Fsp3) is 0.375. The molecule has 1 aromatic carbocycles. The molecule has 3 rings (SSSR count). The number of aromatic nitrogens is 1. The van der Waals surface area contributed by atoms with Crippen molar-refractivity contribution in [3.05, 3.63) is 42.1 Å². The topological polar surface area (TPSA) is 53.4 Å². The number of fused-ring (bicyclic) bond motifs is 1. The molecule has 104 valence electrons. The maximum Gasteiger partial charge on any atom is 0.272 e. The van der Waals surface area contributed by atoms with E-state index < -0.39 is 0 Å². The molecule has 1 aromatic heterocycles. The molecule has 4 heteroatoms. The Morgan fingerprint density at radius 3 is 2.80 bits per heavy atom. The third-order valence-electron chi connectivity index (χ3n) is 3.91. The molecule has 1 heterocycles. The summed E-state index contributed by atoms with van der Waals surface area (Å²) < 4.78 is 0. The summed E-state index contributed by atoms with van der Waals surface area (Å²) in [6.45, 7) is 0.685. The van der Waals surface area contributed by atoms with Crippen molar-refractivity contribution < 1.29 is 9.90 Å². The molecule has 1 amide bonds. The van der Waals surface area contributed by atoms with Crippen LogP contribution in [0.1, 0.15) is 23.3 Å². The Hall–Kier alpha value is -1.94.